The summed E-state index contributed by atoms with van der Waals surface area (Å²) in [6.45, 7) is 3.75. The van der Waals surface area contributed by atoms with Gasteiger partial charge in [0.15, 0.2) is 10.3 Å². The monoisotopic (exact) mass is 510 g/mol. The second-order valence-electron chi connectivity index (χ2n) is 8.94. The Morgan fingerprint density at radius 1 is 0.972 bits per heavy atom. The molecule has 5 nitrogen and oxygen atoms in total. The summed E-state index contributed by atoms with van der Waals surface area (Å²) < 4.78 is 1.07. The lowest BCUT2D eigenvalue weighted by Gasteiger charge is -2.29. The molecule has 180 valence electrons. The third-order valence-electron chi connectivity index (χ3n) is 6.61. The number of nitrogens with one attached hydrogen (secondary N) is 1. The maximum Gasteiger partial charge on any atom is 0.257 e. The summed E-state index contributed by atoms with van der Waals surface area (Å²) >= 11 is 3.29. The second-order valence-corrected chi connectivity index (χ2v) is 11.0. The van der Waals surface area contributed by atoms with Gasteiger partial charge >= 0.3 is 0 Å². The minimum Gasteiger partial charge on any atom is -0.343 e. The van der Waals surface area contributed by atoms with Crippen molar-refractivity contribution in [1.82, 2.24) is 9.97 Å². The number of aromatic nitrogens is 2. The fraction of sp³-hybridized carbons (Fsp3) is 0.207. The van der Waals surface area contributed by atoms with Crippen molar-refractivity contribution >= 4 is 49.1 Å². The van der Waals surface area contributed by atoms with E-state index in [4.69, 9.17) is 4.98 Å². The third-order valence-corrected chi connectivity index (χ3v) is 8.72. The number of aryl methyl sites for hydroxylation is 1. The molecule has 6 rings (SSSR count). The maximum atomic E-state index is 13.3. The molecule has 0 atom stereocenters. The fourth-order valence-electron chi connectivity index (χ4n) is 4.75. The lowest BCUT2D eigenvalue weighted by molar-refractivity contribution is 0.102. The number of amides is 1. The molecule has 3 aromatic carbocycles. The molecule has 0 saturated heterocycles. The molecule has 1 aliphatic heterocycles. The SMILES string of the molecule is CCc1nc(N2CCc3cccc(C(=O)Nc4nc5ccccc5s4)c3C2)sc1Cc1ccccc1. The number of benzene rings is 3. The van der Waals surface area contributed by atoms with Crippen molar-refractivity contribution < 1.29 is 4.79 Å². The van der Waals surface area contributed by atoms with E-state index in [0.29, 0.717) is 17.2 Å². The van der Waals surface area contributed by atoms with Crippen molar-refractivity contribution in [2.45, 2.75) is 32.7 Å². The minimum atomic E-state index is -0.106. The van der Waals surface area contributed by atoms with E-state index < -0.39 is 0 Å². The van der Waals surface area contributed by atoms with Crippen molar-refractivity contribution in [1.29, 1.82) is 0 Å². The zero-order valence-electron chi connectivity index (χ0n) is 20.0. The molecule has 5 aromatic rings. The van der Waals surface area contributed by atoms with Gasteiger partial charge in [-0.15, -0.1) is 11.3 Å². The van der Waals surface area contributed by atoms with E-state index in [1.165, 1.54) is 33.0 Å². The molecule has 0 radical (unpaired) electrons. The van der Waals surface area contributed by atoms with E-state index in [1.807, 2.05) is 36.4 Å². The van der Waals surface area contributed by atoms with E-state index in [1.54, 1.807) is 11.3 Å². The second kappa shape index (κ2) is 9.84. The van der Waals surface area contributed by atoms with E-state index in [9.17, 15) is 4.79 Å². The highest BCUT2D eigenvalue weighted by Crippen LogP contribution is 2.34. The molecule has 1 N–H and O–H groups in total. The number of hydrogen-bond acceptors (Lipinski definition) is 6. The van der Waals surface area contributed by atoms with E-state index >= 15 is 0 Å². The lowest BCUT2D eigenvalue weighted by atomic mass is 9.94. The highest BCUT2D eigenvalue weighted by atomic mass is 32.1. The Kier molecular flexibility index (Phi) is 6.25. The van der Waals surface area contributed by atoms with E-state index in [2.05, 4.69) is 58.5 Å². The number of fused-ring (bicyclic) bond motifs is 2. The molecule has 0 bridgehead atoms. The van der Waals surface area contributed by atoms with Crippen LogP contribution in [0.15, 0.2) is 72.8 Å². The lowest BCUT2D eigenvalue weighted by Crippen LogP contribution is -2.32. The fourth-order valence-corrected chi connectivity index (χ4v) is 6.82. The molecular formula is C29H26N4OS2. The Balaban J connectivity index is 1.25. The highest BCUT2D eigenvalue weighted by Gasteiger charge is 2.25. The first-order valence-corrected chi connectivity index (χ1v) is 13.9. The first kappa shape index (κ1) is 22.9. The molecule has 0 spiro atoms. The van der Waals surface area contributed by atoms with Crippen LogP contribution in [0.1, 0.15) is 44.5 Å². The van der Waals surface area contributed by atoms with Gasteiger partial charge in [0.25, 0.3) is 5.91 Å². The van der Waals surface area contributed by atoms with Gasteiger partial charge < -0.3 is 4.90 Å². The Hall–Kier alpha value is -3.55. The molecule has 0 unspecified atom stereocenters. The summed E-state index contributed by atoms with van der Waals surface area (Å²) in [6.07, 6.45) is 2.72. The van der Waals surface area contributed by atoms with Crippen LogP contribution in [-0.4, -0.2) is 22.4 Å². The molecular weight excluding hydrogens is 484 g/mol. The number of rotatable bonds is 6. The standard InChI is InChI=1S/C29H26N4OS2/c1-2-23-26(17-19-9-4-3-5-10-19)36-29(31-23)33-16-15-20-11-8-12-21(22(20)18-33)27(34)32-28-30-24-13-6-7-14-25(24)35-28/h3-14H,2,15-18H2,1H3,(H,30,32,34). The Bertz CT molecular complexity index is 1510. The molecule has 3 heterocycles. The van der Waals surface area contributed by atoms with Crippen LogP contribution in [0.3, 0.4) is 0 Å². The van der Waals surface area contributed by atoms with Gasteiger partial charge in [-0.3, -0.25) is 10.1 Å². The number of para-hydroxylation sites is 1. The predicted octanol–water partition coefficient (Wildman–Crippen LogP) is 6.72. The van der Waals surface area contributed by atoms with Crippen molar-refractivity contribution in [2.75, 3.05) is 16.8 Å². The predicted molar refractivity (Wildman–Crippen MR) is 150 cm³/mol. The number of anilines is 2. The average molecular weight is 511 g/mol. The van der Waals surface area contributed by atoms with Crippen LogP contribution >= 0.6 is 22.7 Å². The van der Waals surface area contributed by atoms with Crippen LogP contribution in [0.25, 0.3) is 10.2 Å². The zero-order chi connectivity index (χ0) is 24.5. The minimum absolute atomic E-state index is 0.106. The van der Waals surface area contributed by atoms with Crippen molar-refractivity contribution in [3.63, 3.8) is 0 Å². The molecule has 0 aliphatic carbocycles. The van der Waals surface area contributed by atoms with Crippen molar-refractivity contribution in [3.05, 3.63) is 106 Å². The van der Waals surface area contributed by atoms with Gasteiger partial charge in [-0.2, -0.15) is 0 Å². The summed E-state index contributed by atoms with van der Waals surface area (Å²) in [4.78, 5) is 26.6. The summed E-state index contributed by atoms with van der Waals surface area (Å²) in [5.41, 5.74) is 6.42. The largest absolute Gasteiger partial charge is 0.343 e. The number of nitrogens with zero attached hydrogens (tertiary/aromatic N) is 3. The van der Waals surface area contributed by atoms with Crippen LogP contribution < -0.4 is 10.2 Å². The molecule has 1 aliphatic rings. The topological polar surface area (TPSA) is 58.1 Å². The molecule has 36 heavy (non-hydrogen) atoms. The highest BCUT2D eigenvalue weighted by molar-refractivity contribution is 7.22. The van der Waals surface area contributed by atoms with Crippen LogP contribution in [0.5, 0.6) is 0 Å². The van der Waals surface area contributed by atoms with Gasteiger partial charge in [0.2, 0.25) is 0 Å². The van der Waals surface area contributed by atoms with Gasteiger partial charge in [0.05, 0.1) is 15.9 Å². The number of thiazole rings is 2. The van der Waals surface area contributed by atoms with Gasteiger partial charge in [-0.1, -0.05) is 72.9 Å². The normalized spacial score (nSPS) is 13.1. The molecule has 0 fully saturated rings. The Morgan fingerprint density at radius 3 is 2.64 bits per heavy atom. The third kappa shape index (κ3) is 4.52. The summed E-state index contributed by atoms with van der Waals surface area (Å²) in [5.74, 6) is -0.106. The van der Waals surface area contributed by atoms with Crippen LogP contribution in [-0.2, 0) is 25.8 Å². The van der Waals surface area contributed by atoms with Gasteiger partial charge in [0, 0.05) is 30.0 Å². The van der Waals surface area contributed by atoms with Crippen molar-refractivity contribution in [3.8, 4) is 0 Å². The van der Waals surface area contributed by atoms with Crippen LogP contribution in [0.2, 0.25) is 0 Å². The van der Waals surface area contributed by atoms with Gasteiger partial charge in [-0.05, 0) is 47.7 Å². The molecule has 7 heteroatoms. The molecule has 1 amide bonds. The van der Waals surface area contributed by atoms with Crippen LogP contribution in [0.4, 0.5) is 10.3 Å². The maximum absolute atomic E-state index is 13.3. The van der Waals surface area contributed by atoms with E-state index in [0.717, 1.165) is 46.7 Å². The van der Waals surface area contributed by atoms with Gasteiger partial charge in [0.1, 0.15) is 0 Å². The smallest absolute Gasteiger partial charge is 0.257 e. The number of carbonyl (C=O) groups excluding carboxylic acids is 1. The molecule has 2 aromatic heterocycles. The van der Waals surface area contributed by atoms with Crippen LogP contribution in [0, 0.1) is 0 Å². The average Bonchev–Trinajstić information content (AvgIpc) is 3.51. The van der Waals surface area contributed by atoms with E-state index in [-0.39, 0.29) is 5.91 Å². The first-order chi connectivity index (χ1) is 17.7. The first-order valence-electron chi connectivity index (χ1n) is 12.2. The summed E-state index contributed by atoms with van der Waals surface area (Å²) in [5, 5.41) is 4.71. The Labute approximate surface area is 218 Å². The van der Waals surface area contributed by atoms with Crippen molar-refractivity contribution in [2.24, 2.45) is 0 Å². The molecule has 0 saturated carbocycles. The number of hydrogen-bond donors (Lipinski definition) is 1. The summed E-state index contributed by atoms with van der Waals surface area (Å²) in [6, 6.07) is 24.6. The summed E-state index contributed by atoms with van der Waals surface area (Å²) in [7, 11) is 0. The quantitative estimate of drug-likeness (QED) is 0.275. The Morgan fingerprint density at radius 2 is 1.81 bits per heavy atom. The number of carbonyl (C=O) groups is 1. The van der Waals surface area contributed by atoms with Gasteiger partial charge in [-0.25, -0.2) is 9.97 Å². The zero-order valence-corrected chi connectivity index (χ0v) is 21.7.